The molecule has 0 aliphatic heterocycles. The highest BCUT2D eigenvalue weighted by Crippen LogP contribution is 2.28. The van der Waals surface area contributed by atoms with E-state index in [9.17, 15) is 4.79 Å². The van der Waals surface area contributed by atoms with Crippen LogP contribution in [-0.4, -0.2) is 19.5 Å². The lowest BCUT2D eigenvalue weighted by atomic mass is 10.3. The number of benzene rings is 1. The standard InChI is InChI=1S/C11H13BrO3/c1-3-8(13)7-15-11-5-4-9(14-2)6-10(11)12/h4-6H,3,7H2,1-2H3. The van der Waals surface area contributed by atoms with Crippen molar-refractivity contribution in [3.63, 3.8) is 0 Å². The van der Waals surface area contributed by atoms with Gasteiger partial charge in [-0.05, 0) is 34.1 Å². The number of methoxy groups -OCH3 is 1. The minimum atomic E-state index is 0.0812. The summed E-state index contributed by atoms with van der Waals surface area (Å²) in [5, 5.41) is 0. The molecule has 82 valence electrons. The largest absolute Gasteiger partial charge is 0.497 e. The molecule has 0 aliphatic carbocycles. The quantitative estimate of drug-likeness (QED) is 0.827. The molecular formula is C11H13BrO3. The van der Waals surface area contributed by atoms with Crippen molar-refractivity contribution < 1.29 is 14.3 Å². The van der Waals surface area contributed by atoms with E-state index in [1.807, 2.05) is 6.92 Å². The van der Waals surface area contributed by atoms with E-state index in [2.05, 4.69) is 15.9 Å². The summed E-state index contributed by atoms with van der Waals surface area (Å²) in [6.07, 6.45) is 0.494. The van der Waals surface area contributed by atoms with Crippen molar-refractivity contribution in [1.29, 1.82) is 0 Å². The molecule has 3 nitrogen and oxygen atoms in total. The second-order valence-electron chi connectivity index (χ2n) is 2.98. The molecule has 0 saturated carbocycles. The normalized spacial score (nSPS) is 9.80. The lowest BCUT2D eigenvalue weighted by Crippen LogP contribution is -2.09. The molecule has 1 aromatic carbocycles. The molecule has 1 aromatic rings. The van der Waals surface area contributed by atoms with Crippen LogP contribution in [0.25, 0.3) is 0 Å². The minimum absolute atomic E-state index is 0.0812. The van der Waals surface area contributed by atoms with Crippen molar-refractivity contribution in [2.45, 2.75) is 13.3 Å². The number of Topliss-reactive ketones (excluding diaryl/α,β-unsaturated/α-hetero) is 1. The van der Waals surface area contributed by atoms with Crippen LogP contribution in [0.1, 0.15) is 13.3 Å². The fourth-order valence-corrected chi connectivity index (χ4v) is 1.46. The molecule has 0 bridgehead atoms. The Hall–Kier alpha value is -1.03. The Labute approximate surface area is 97.5 Å². The maximum atomic E-state index is 11.1. The fraction of sp³-hybridized carbons (Fsp3) is 0.364. The molecule has 0 fully saturated rings. The maximum absolute atomic E-state index is 11.1. The van der Waals surface area contributed by atoms with Gasteiger partial charge in [0.1, 0.15) is 18.1 Å². The van der Waals surface area contributed by atoms with Crippen LogP contribution in [-0.2, 0) is 4.79 Å². The number of carbonyl (C=O) groups is 1. The predicted octanol–water partition coefficient (Wildman–Crippen LogP) is 2.82. The summed E-state index contributed by atoms with van der Waals surface area (Å²) in [4.78, 5) is 11.1. The molecule has 0 heterocycles. The van der Waals surface area contributed by atoms with Gasteiger partial charge >= 0.3 is 0 Å². The number of rotatable bonds is 5. The third-order valence-electron chi connectivity index (χ3n) is 1.92. The summed E-state index contributed by atoms with van der Waals surface area (Å²) in [5.41, 5.74) is 0. The molecule has 4 heteroatoms. The van der Waals surface area contributed by atoms with Gasteiger partial charge in [-0.25, -0.2) is 0 Å². The van der Waals surface area contributed by atoms with E-state index >= 15 is 0 Å². The molecule has 0 aliphatic rings. The summed E-state index contributed by atoms with van der Waals surface area (Å²) in [7, 11) is 1.60. The first kappa shape index (κ1) is 12.0. The van der Waals surface area contributed by atoms with Crippen LogP contribution in [0, 0.1) is 0 Å². The lowest BCUT2D eigenvalue weighted by Gasteiger charge is -2.08. The summed E-state index contributed by atoms with van der Waals surface area (Å²) >= 11 is 3.34. The van der Waals surface area contributed by atoms with Gasteiger partial charge in [-0.2, -0.15) is 0 Å². The van der Waals surface area contributed by atoms with Crippen LogP contribution in [0.5, 0.6) is 11.5 Å². The van der Waals surface area contributed by atoms with Crippen LogP contribution in [0.15, 0.2) is 22.7 Å². The van der Waals surface area contributed by atoms with Gasteiger partial charge in [0.05, 0.1) is 11.6 Å². The van der Waals surface area contributed by atoms with Crippen molar-refractivity contribution in [2.75, 3.05) is 13.7 Å². The number of ether oxygens (including phenoxy) is 2. The molecule has 0 atom stereocenters. The first-order valence-electron chi connectivity index (χ1n) is 4.65. The summed E-state index contributed by atoms with van der Waals surface area (Å²) in [6.45, 7) is 1.93. The Morgan fingerprint density at radius 2 is 2.20 bits per heavy atom. The van der Waals surface area contributed by atoms with Crippen molar-refractivity contribution in [2.24, 2.45) is 0 Å². The van der Waals surface area contributed by atoms with Gasteiger partial charge in [0.2, 0.25) is 0 Å². The van der Waals surface area contributed by atoms with Crippen molar-refractivity contribution in [1.82, 2.24) is 0 Å². The topological polar surface area (TPSA) is 35.5 Å². The average molecular weight is 273 g/mol. The van der Waals surface area contributed by atoms with Gasteiger partial charge in [-0.3, -0.25) is 4.79 Å². The Morgan fingerprint density at radius 3 is 2.73 bits per heavy atom. The van der Waals surface area contributed by atoms with Crippen molar-refractivity contribution in [3.05, 3.63) is 22.7 Å². The second kappa shape index (κ2) is 5.75. The molecule has 0 spiro atoms. The first-order valence-corrected chi connectivity index (χ1v) is 5.44. The highest BCUT2D eigenvalue weighted by molar-refractivity contribution is 9.10. The van der Waals surface area contributed by atoms with Crippen LogP contribution in [0.4, 0.5) is 0 Å². The van der Waals surface area contributed by atoms with Gasteiger partial charge in [-0.1, -0.05) is 6.92 Å². The van der Waals surface area contributed by atoms with Gasteiger partial charge in [0.15, 0.2) is 5.78 Å². The van der Waals surface area contributed by atoms with E-state index in [1.165, 1.54) is 0 Å². The van der Waals surface area contributed by atoms with Crippen molar-refractivity contribution >= 4 is 21.7 Å². The van der Waals surface area contributed by atoms with Gasteiger partial charge in [0.25, 0.3) is 0 Å². The Balaban J connectivity index is 2.66. The van der Waals surface area contributed by atoms with Crippen LogP contribution in [0.2, 0.25) is 0 Å². The molecule has 0 radical (unpaired) electrons. The number of halogens is 1. The lowest BCUT2D eigenvalue weighted by molar-refractivity contribution is -0.120. The zero-order valence-corrected chi connectivity index (χ0v) is 10.3. The predicted molar refractivity (Wildman–Crippen MR) is 61.5 cm³/mol. The van der Waals surface area contributed by atoms with E-state index < -0.39 is 0 Å². The molecule has 0 unspecified atom stereocenters. The molecule has 0 saturated heterocycles. The summed E-state index contributed by atoms with van der Waals surface area (Å²) in [5.74, 6) is 1.48. The fourth-order valence-electron chi connectivity index (χ4n) is 0.986. The number of ketones is 1. The Morgan fingerprint density at radius 1 is 1.47 bits per heavy atom. The van der Waals surface area contributed by atoms with Gasteiger partial charge in [-0.15, -0.1) is 0 Å². The molecular weight excluding hydrogens is 260 g/mol. The monoisotopic (exact) mass is 272 g/mol. The second-order valence-corrected chi connectivity index (χ2v) is 3.83. The molecule has 0 N–H and O–H groups in total. The number of hydrogen-bond acceptors (Lipinski definition) is 3. The summed E-state index contributed by atoms with van der Waals surface area (Å²) in [6, 6.07) is 5.36. The van der Waals surface area contributed by atoms with E-state index in [0.29, 0.717) is 12.2 Å². The summed E-state index contributed by atoms with van der Waals surface area (Å²) < 4.78 is 11.2. The zero-order chi connectivity index (χ0) is 11.3. The minimum Gasteiger partial charge on any atom is -0.497 e. The van der Waals surface area contributed by atoms with Gasteiger partial charge in [0, 0.05) is 6.42 Å². The van der Waals surface area contributed by atoms with E-state index in [-0.39, 0.29) is 12.4 Å². The van der Waals surface area contributed by atoms with Crippen LogP contribution < -0.4 is 9.47 Å². The van der Waals surface area contributed by atoms with Crippen LogP contribution >= 0.6 is 15.9 Å². The molecule has 0 amide bonds. The van der Waals surface area contributed by atoms with Crippen molar-refractivity contribution in [3.8, 4) is 11.5 Å². The Kier molecular flexibility index (Phi) is 4.62. The highest BCUT2D eigenvalue weighted by Gasteiger charge is 2.05. The molecule has 0 aromatic heterocycles. The zero-order valence-electron chi connectivity index (χ0n) is 8.75. The third kappa shape index (κ3) is 3.55. The maximum Gasteiger partial charge on any atom is 0.169 e. The van der Waals surface area contributed by atoms with Gasteiger partial charge < -0.3 is 9.47 Å². The van der Waals surface area contributed by atoms with E-state index in [4.69, 9.17) is 9.47 Å². The average Bonchev–Trinajstić information content (AvgIpc) is 2.26. The number of hydrogen-bond donors (Lipinski definition) is 0. The third-order valence-corrected chi connectivity index (χ3v) is 2.54. The highest BCUT2D eigenvalue weighted by atomic mass is 79.9. The molecule has 15 heavy (non-hydrogen) atoms. The number of carbonyl (C=O) groups excluding carboxylic acids is 1. The smallest absolute Gasteiger partial charge is 0.169 e. The first-order chi connectivity index (χ1) is 7.17. The van der Waals surface area contributed by atoms with E-state index in [1.54, 1.807) is 25.3 Å². The van der Waals surface area contributed by atoms with E-state index in [0.717, 1.165) is 10.2 Å². The molecule has 1 rings (SSSR count). The van der Waals surface area contributed by atoms with Crippen LogP contribution in [0.3, 0.4) is 0 Å². The Bertz CT molecular complexity index is 350. The SMILES string of the molecule is CCC(=O)COc1ccc(OC)cc1Br.